The van der Waals surface area contributed by atoms with Crippen LogP contribution in [0.2, 0.25) is 0 Å². The molecule has 0 rings (SSSR count). The zero-order valence-electron chi connectivity index (χ0n) is 10.9. The van der Waals surface area contributed by atoms with Crippen molar-refractivity contribution in [2.45, 2.75) is 33.6 Å². The first-order chi connectivity index (χ1) is 7.65. The summed E-state index contributed by atoms with van der Waals surface area (Å²) >= 11 is 0. The molecule has 0 aliphatic carbocycles. The van der Waals surface area contributed by atoms with Gasteiger partial charge in [-0.2, -0.15) is 0 Å². The fraction of sp³-hybridized carbons (Fsp3) is 0.500. The molecule has 16 heavy (non-hydrogen) atoms. The van der Waals surface area contributed by atoms with Gasteiger partial charge in [-0.05, 0) is 37.5 Å². The first-order valence-electron chi connectivity index (χ1n) is 6.11. The van der Waals surface area contributed by atoms with Gasteiger partial charge in [0.25, 0.3) is 0 Å². The van der Waals surface area contributed by atoms with Crippen molar-refractivity contribution in [1.82, 2.24) is 0 Å². The maximum atomic E-state index is 5.35. The van der Waals surface area contributed by atoms with E-state index in [-0.39, 0.29) is 0 Å². The summed E-state index contributed by atoms with van der Waals surface area (Å²) in [6.07, 6.45) is 14.4. The third-order valence-corrected chi connectivity index (χ3v) is 2.80. The van der Waals surface area contributed by atoms with Crippen LogP contribution >= 0.6 is 0 Å². The fourth-order valence-electron chi connectivity index (χ4n) is 1.76. The first-order valence-corrected chi connectivity index (χ1v) is 6.11. The van der Waals surface area contributed by atoms with Crippen molar-refractivity contribution in [2.24, 2.45) is 17.8 Å². The Morgan fingerprint density at radius 3 is 2.38 bits per heavy atom. The molecular weight excluding hydrogens is 192 g/mol. The van der Waals surface area contributed by atoms with Gasteiger partial charge in [0.1, 0.15) is 0 Å². The van der Waals surface area contributed by atoms with E-state index in [2.05, 4.69) is 57.7 Å². The average molecular weight is 217 g/mol. The summed E-state index contributed by atoms with van der Waals surface area (Å²) in [5.41, 5.74) is 0. The summed E-state index contributed by atoms with van der Waals surface area (Å²) in [7, 11) is 0. The van der Waals surface area contributed by atoms with Crippen molar-refractivity contribution in [3.05, 3.63) is 49.6 Å². The van der Waals surface area contributed by atoms with Crippen LogP contribution in [0.25, 0.3) is 0 Å². The monoisotopic (exact) mass is 217 g/mol. The number of allylic oxidation sites excluding steroid dienone is 6. The first kappa shape index (κ1) is 15.0. The summed E-state index contributed by atoms with van der Waals surface area (Å²) in [6, 6.07) is 0. The molecule has 0 fully saturated rings. The lowest BCUT2D eigenvalue weighted by Gasteiger charge is -2.19. The molecule has 2 unspecified atom stereocenters. The fourth-order valence-corrected chi connectivity index (χ4v) is 1.76. The smallest absolute Gasteiger partial charge is 0.00478 e. The Kier molecular flexibility index (Phi) is 8.61. The van der Waals surface area contributed by atoms with Crippen LogP contribution in [0.5, 0.6) is 0 Å². The van der Waals surface area contributed by atoms with Crippen LogP contribution in [-0.2, 0) is 0 Å². The van der Waals surface area contributed by atoms with Crippen molar-refractivity contribution in [3.63, 3.8) is 0 Å². The van der Waals surface area contributed by atoms with Crippen LogP contribution in [0, 0.1) is 24.3 Å². The third-order valence-electron chi connectivity index (χ3n) is 2.80. The minimum Gasteiger partial charge on any atom is -0.103 e. The van der Waals surface area contributed by atoms with Crippen LogP contribution in [0.3, 0.4) is 0 Å². The SMILES string of the molecule is [CH]=CC/C=C/C(/C=C\C)CC(C=C)C(C)C. The molecule has 0 N–H and O–H groups in total. The van der Waals surface area contributed by atoms with E-state index in [1.54, 1.807) is 6.08 Å². The summed E-state index contributed by atoms with van der Waals surface area (Å²) in [4.78, 5) is 0. The molecule has 89 valence electrons. The summed E-state index contributed by atoms with van der Waals surface area (Å²) < 4.78 is 0. The quantitative estimate of drug-likeness (QED) is 0.504. The highest BCUT2D eigenvalue weighted by Gasteiger charge is 2.12. The second-order valence-corrected chi connectivity index (χ2v) is 4.47. The average Bonchev–Trinajstić information content (AvgIpc) is 2.25. The van der Waals surface area contributed by atoms with Crippen LogP contribution in [0.15, 0.2) is 43.0 Å². The highest BCUT2D eigenvalue weighted by molar-refractivity contribution is 5.03. The maximum absolute atomic E-state index is 5.35. The highest BCUT2D eigenvalue weighted by atomic mass is 14.2. The van der Waals surface area contributed by atoms with Gasteiger partial charge >= 0.3 is 0 Å². The van der Waals surface area contributed by atoms with Crippen LogP contribution < -0.4 is 0 Å². The molecule has 0 heteroatoms. The van der Waals surface area contributed by atoms with Gasteiger partial charge in [0.15, 0.2) is 0 Å². The van der Waals surface area contributed by atoms with Gasteiger partial charge in [0, 0.05) is 0 Å². The molecule has 0 aromatic heterocycles. The van der Waals surface area contributed by atoms with Gasteiger partial charge in [-0.15, -0.1) is 6.58 Å². The standard InChI is InChI=1S/C16H25/c1-6-9-10-12-15(11-7-2)13-16(8-3)14(4)5/h1,6-8,10-12,14-16H,3,9,13H2,2,4-5H3/b6-1?,11-7-,12-10+. The lowest BCUT2D eigenvalue weighted by Crippen LogP contribution is -2.09. The van der Waals surface area contributed by atoms with E-state index in [4.69, 9.17) is 6.58 Å². The highest BCUT2D eigenvalue weighted by Crippen LogP contribution is 2.23. The Morgan fingerprint density at radius 1 is 1.25 bits per heavy atom. The number of rotatable bonds is 8. The van der Waals surface area contributed by atoms with E-state index in [1.165, 1.54) is 0 Å². The minimum absolute atomic E-state index is 0.496. The van der Waals surface area contributed by atoms with Crippen molar-refractivity contribution in [3.8, 4) is 0 Å². The van der Waals surface area contributed by atoms with Gasteiger partial charge in [-0.25, -0.2) is 0 Å². The Bertz CT molecular complexity index is 243. The van der Waals surface area contributed by atoms with Gasteiger partial charge in [-0.3, -0.25) is 0 Å². The topological polar surface area (TPSA) is 0 Å². The Hall–Kier alpha value is -1.04. The van der Waals surface area contributed by atoms with Crippen LogP contribution in [0.4, 0.5) is 0 Å². The molecule has 0 bridgehead atoms. The van der Waals surface area contributed by atoms with Gasteiger partial charge in [0.2, 0.25) is 0 Å². The molecular formula is C16H25. The lowest BCUT2D eigenvalue weighted by molar-refractivity contribution is 0.412. The summed E-state index contributed by atoms with van der Waals surface area (Å²) in [6.45, 7) is 15.8. The van der Waals surface area contributed by atoms with Crippen molar-refractivity contribution in [2.75, 3.05) is 0 Å². The largest absolute Gasteiger partial charge is 0.103 e. The van der Waals surface area contributed by atoms with Crippen molar-refractivity contribution >= 4 is 0 Å². The second kappa shape index (κ2) is 9.21. The van der Waals surface area contributed by atoms with E-state index >= 15 is 0 Å². The van der Waals surface area contributed by atoms with Crippen LogP contribution in [-0.4, -0.2) is 0 Å². The minimum atomic E-state index is 0.496. The van der Waals surface area contributed by atoms with Crippen molar-refractivity contribution < 1.29 is 0 Å². The van der Waals surface area contributed by atoms with Gasteiger partial charge < -0.3 is 0 Å². The molecule has 0 aliphatic heterocycles. The molecule has 2 atom stereocenters. The van der Waals surface area contributed by atoms with E-state index in [0.717, 1.165) is 12.8 Å². The summed E-state index contributed by atoms with van der Waals surface area (Å²) in [5, 5.41) is 0. The predicted molar refractivity (Wildman–Crippen MR) is 74.1 cm³/mol. The van der Waals surface area contributed by atoms with Gasteiger partial charge in [-0.1, -0.05) is 56.9 Å². The molecule has 0 saturated heterocycles. The Morgan fingerprint density at radius 2 is 1.94 bits per heavy atom. The van der Waals surface area contributed by atoms with Crippen LogP contribution in [0.1, 0.15) is 33.6 Å². The lowest BCUT2D eigenvalue weighted by atomic mass is 9.86. The molecule has 0 heterocycles. The molecule has 0 saturated carbocycles. The number of hydrogen-bond donors (Lipinski definition) is 0. The predicted octanol–water partition coefficient (Wildman–Crippen LogP) is 4.96. The zero-order valence-corrected chi connectivity index (χ0v) is 10.9. The Balaban J connectivity index is 4.41. The van der Waals surface area contributed by atoms with E-state index in [0.29, 0.717) is 17.8 Å². The zero-order chi connectivity index (χ0) is 12.4. The molecule has 0 spiro atoms. The molecule has 0 amide bonds. The van der Waals surface area contributed by atoms with Crippen molar-refractivity contribution in [1.29, 1.82) is 0 Å². The number of hydrogen-bond acceptors (Lipinski definition) is 0. The van der Waals surface area contributed by atoms with E-state index < -0.39 is 0 Å². The normalized spacial score (nSPS) is 15.8. The Labute approximate surface area is 101 Å². The molecule has 0 nitrogen and oxygen atoms in total. The van der Waals surface area contributed by atoms with E-state index in [9.17, 15) is 0 Å². The molecule has 1 radical (unpaired) electrons. The second-order valence-electron chi connectivity index (χ2n) is 4.47. The third kappa shape index (κ3) is 6.44. The molecule has 0 aromatic rings. The summed E-state index contributed by atoms with van der Waals surface area (Å²) in [5.74, 6) is 1.72. The molecule has 0 aromatic carbocycles. The maximum Gasteiger partial charge on any atom is -0.00478 e. The molecule has 0 aliphatic rings. The van der Waals surface area contributed by atoms with E-state index in [1.807, 2.05) is 0 Å². The van der Waals surface area contributed by atoms with Gasteiger partial charge in [0.05, 0.1) is 0 Å².